The molecule has 1 aliphatic rings. The zero-order chi connectivity index (χ0) is 13.7. The second-order valence-corrected chi connectivity index (χ2v) is 4.42. The van der Waals surface area contributed by atoms with Crippen LogP contribution in [-0.2, 0) is 4.79 Å². The first kappa shape index (κ1) is 13.2. The average Bonchev–Trinajstić information content (AvgIpc) is 2.45. The molecule has 1 aliphatic heterocycles. The first-order valence-electron chi connectivity index (χ1n) is 6.48. The van der Waals surface area contributed by atoms with Crippen molar-refractivity contribution < 1.29 is 4.79 Å². The number of benzene rings is 1. The molecule has 19 heavy (non-hydrogen) atoms. The highest BCUT2D eigenvalue weighted by atomic mass is 16.2. The van der Waals surface area contributed by atoms with Crippen LogP contribution in [0.2, 0.25) is 0 Å². The fourth-order valence-corrected chi connectivity index (χ4v) is 2.34. The van der Waals surface area contributed by atoms with E-state index >= 15 is 0 Å². The third kappa shape index (κ3) is 2.97. The summed E-state index contributed by atoms with van der Waals surface area (Å²) in [5.41, 5.74) is 2.26. The number of anilines is 2. The molecule has 5 nitrogen and oxygen atoms in total. The van der Waals surface area contributed by atoms with Gasteiger partial charge in [-0.1, -0.05) is 12.1 Å². The van der Waals surface area contributed by atoms with E-state index in [9.17, 15) is 4.79 Å². The van der Waals surface area contributed by atoms with Crippen molar-refractivity contribution in [2.24, 2.45) is 0 Å². The van der Waals surface area contributed by atoms with Gasteiger partial charge in [-0.05, 0) is 19.1 Å². The van der Waals surface area contributed by atoms with E-state index in [4.69, 9.17) is 5.26 Å². The first-order valence-corrected chi connectivity index (χ1v) is 6.48. The van der Waals surface area contributed by atoms with E-state index in [2.05, 4.69) is 28.1 Å². The molecule has 1 heterocycles. The number of nitrogens with one attached hydrogen (secondary N) is 1. The van der Waals surface area contributed by atoms with Gasteiger partial charge in [0.15, 0.2) is 0 Å². The van der Waals surface area contributed by atoms with Gasteiger partial charge in [0, 0.05) is 19.6 Å². The summed E-state index contributed by atoms with van der Waals surface area (Å²) in [6, 6.07) is 10.0. The smallest absolute Gasteiger partial charge is 0.240 e. The van der Waals surface area contributed by atoms with Crippen LogP contribution in [0.25, 0.3) is 0 Å². The number of likely N-dealkylation sites (N-methyl/N-ethyl adjacent to an activating group) is 1. The number of amides is 1. The Kier molecular flexibility index (Phi) is 4.24. The Morgan fingerprint density at radius 3 is 2.58 bits per heavy atom. The fraction of sp³-hybridized carbons (Fsp3) is 0.429. The maximum absolute atomic E-state index is 11.7. The molecule has 0 saturated carbocycles. The SMILES string of the molecule is CCN1CCN(CC(=O)NCC#N)c2ccccc21. The molecule has 1 N–H and O–H groups in total. The Labute approximate surface area is 113 Å². The lowest BCUT2D eigenvalue weighted by atomic mass is 10.1. The standard InChI is InChI=1S/C14H18N4O/c1-2-17-9-10-18(11-14(19)16-8-7-15)13-6-4-3-5-12(13)17/h3-6H,2,8-11H2,1H3,(H,16,19). The van der Waals surface area contributed by atoms with Crippen molar-refractivity contribution in [1.82, 2.24) is 5.32 Å². The minimum atomic E-state index is -0.110. The molecule has 0 spiro atoms. The zero-order valence-corrected chi connectivity index (χ0v) is 11.1. The van der Waals surface area contributed by atoms with Gasteiger partial charge in [-0.3, -0.25) is 4.79 Å². The lowest BCUT2D eigenvalue weighted by Gasteiger charge is -2.38. The van der Waals surface area contributed by atoms with Crippen molar-refractivity contribution in [2.45, 2.75) is 6.92 Å². The maximum atomic E-state index is 11.7. The molecule has 0 radical (unpaired) electrons. The van der Waals surface area contributed by atoms with Gasteiger partial charge in [0.25, 0.3) is 0 Å². The summed E-state index contributed by atoms with van der Waals surface area (Å²) in [7, 11) is 0. The third-order valence-electron chi connectivity index (χ3n) is 3.28. The van der Waals surface area contributed by atoms with Gasteiger partial charge in [-0.15, -0.1) is 0 Å². The van der Waals surface area contributed by atoms with Crippen LogP contribution >= 0.6 is 0 Å². The molecule has 1 amide bonds. The number of hydrogen-bond acceptors (Lipinski definition) is 4. The molecule has 0 bridgehead atoms. The molecule has 0 fully saturated rings. The molecule has 0 saturated heterocycles. The van der Waals surface area contributed by atoms with Crippen molar-refractivity contribution in [3.8, 4) is 6.07 Å². The van der Waals surface area contributed by atoms with E-state index in [0.717, 1.165) is 25.3 Å². The van der Waals surface area contributed by atoms with E-state index in [0.29, 0.717) is 6.54 Å². The zero-order valence-electron chi connectivity index (χ0n) is 11.1. The van der Waals surface area contributed by atoms with E-state index in [1.165, 1.54) is 5.69 Å². The van der Waals surface area contributed by atoms with E-state index in [1.807, 2.05) is 24.3 Å². The highest BCUT2D eigenvalue weighted by molar-refractivity contribution is 5.84. The molecule has 1 aromatic carbocycles. The predicted molar refractivity (Wildman–Crippen MR) is 75.2 cm³/mol. The molecule has 2 rings (SSSR count). The van der Waals surface area contributed by atoms with E-state index in [-0.39, 0.29) is 12.5 Å². The van der Waals surface area contributed by atoms with Gasteiger partial charge in [0.05, 0.1) is 24.0 Å². The Morgan fingerprint density at radius 1 is 1.32 bits per heavy atom. The number of rotatable bonds is 4. The fourth-order valence-electron chi connectivity index (χ4n) is 2.34. The lowest BCUT2D eigenvalue weighted by molar-refractivity contribution is -0.119. The van der Waals surface area contributed by atoms with Gasteiger partial charge in [0.2, 0.25) is 5.91 Å². The number of fused-ring (bicyclic) bond motifs is 1. The molecule has 0 aromatic heterocycles. The number of carbonyl (C=O) groups is 1. The van der Waals surface area contributed by atoms with Crippen LogP contribution in [0.1, 0.15) is 6.92 Å². The number of para-hydroxylation sites is 2. The van der Waals surface area contributed by atoms with Crippen LogP contribution in [0.15, 0.2) is 24.3 Å². The second-order valence-electron chi connectivity index (χ2n) is 4.42. The average molecular weight is 258 g/mol. The summed E-state index contributed by atoms with van der Waals surface area (Å²) in [6.45, 7) is 5.20. The molecular weight excluding hydrogens is 240 g/mol. The van der Waals surface area contributed by atoms with Crippen molar-refractivity contribution >= 4 is 17.3 Å². The monoisotopic (exact) mass is 258 g/mol. The Bertz CT molecular complexity index is 494. The number of hydrogen-bond donors (Lipinski definition) is 1. The molecule has 0 unspecified atom stereocenters. The lowest BCUT2D eigenvalue weighted by Crippen LogP contribution is -2.45. The number of nitriles is 1. The summed E-state index contributed by atoms with van der Waals surface area (Å²) >= 11 is 0. The van der Waals surface area contributed by atoms with Crippen LogP contribution in [0.4, 0.5) is 11.4 Å². The molecule has 1 aromatic rings. The summed E-state index contributed by atoms with van der Waals surface area (Å²) in [4.78, 5) is 16.1. The van der Waals surface area contributed by atoms with Crippen molar-refractivity contribution in [2.75, 3.05) is 42.5 Å². The molecular formula is C14H18N4O. The van der Waals surface area contributed by atoms with Crippen LogP contribution in [-0.4, -0.2) is 38.6 Å². The van der Waals surface area contributed by atoms with Crippen molar-refractivity contribution in [3.05, 3.63) is 24.3 Å². The normalized spacial score (nSPS) is 13.7. The quantitative estimate of drug-likeness (QED) is 0.818. The maximum Gasteiger partial charge on any atom is 0.240 e. The first-order chi connectivity index (χ1) is 9.26. The molecule has 5 heteroatoms. The molecule has 0 aliphatic carbocycles. The van der Waals surface area contributed by atoms with Crippen molar-refractivity contribution in [1.29, 1.82) is 5.26 Å². The summed E-state index contributed by atoms with van der Waals surface area (Å²) < 4.78 is 0. The highest BCUT2D eigenvalue weighted by Gasteiger charge is 2.22. The van der Waals surface area contributed by atoms with Gasteiger partial charge in [-0.2, -0.15) is 5.26 Å². The van der Waals surface area contributed by atoms with Gasteiger partial charge >= 0.3 is 0 Å². The summed E-state index contributed by atoms with van der Waals surface area (Å²) in [5.74, 6) is -0.110. The van der Waals surface area contributed by atoms with Crippen molar-refractivity contribution in [3.63, 3.8) is 0 Å². The van der Waals surface area contributed by atoms with Crippen LogP contribution in [0.3, 0.4) is 0 Å². The predicted octanol–water partition coefficient (Wildman–Crippen LogP) is 0.973. The van der Waals surface area contributed by atoms with Crippen LogP contribution in [0, 0.1) is 11.3 Å². The Hall–Kier alpha value is -2.22. The third-order valence-corrected chi connectivity index (χ3v) is 3.28. The Balaban J connectivity index is 2.12. The summed E-state index contributed by atoms with van der Waals surface area (Å²) in [5, 5.41) is 11.0. The van der Waals surface area contributed by atoms with Gasteiger partial charge in [-0.25, -0.2) is 0 Å². The van der Waals surface area contributed by atoms with Gasteiger partial charge in [0.1, 0.15) is 6.54 Å². The minimum absolute atomic E-state index is 0.0649. The molecule has 100 valence electrons. The number of carbonyl (C=O) groups excluding carboxylic acids is 1. The highest BCUT2D eigenvalue weighted by Crippen LogP contribution is 2.32. The van der Waals surface area contributed by atoms with E-state index < -0.39 is 0 Å². The Morgan fingerprint density at radius 2 is 1.95 bits per heavy atom. The number of nitrogens with zero attached hydrogens (tertiary/aromatic N) is 3. The topological polar surface area (TPSA) is 59.4 Å². The second kappa shape index (κ2) is 6.10. The minimum Gasteiger partial charge on any atom is -0.368 e. The largest absolute Gasteiger partial charge is 0.368 e. The van der Waals surface area contributed by atoms with E-state index in [1.54, 1.807) is 0 Å². The van der Waals surface area contributed by atoms with Gasteiger partial charge < -0.3 is 15.1 Å². The van der Waals surface area contributed by atoms with Crippen LogP contribution < -0.4 is 15.1 Å². The summed E-state index contributed by atoms with van der Waals surface area (Å²) in [6.07, 6.45) is 0. The van der Waals surface area contributed by atoms with Crippen LogP contribution in [0.5, 0.6) is 0 Å². The molecule has 0 atom stereocenters.